The molecule has 2 unspecified atom stereocenters. The van der Waals surface area contributed by atoms with E-state index in [0.717, 1.165) is 0 Å². The molecule has 0 spiro atoms. The maximum absolute atomic E-state index is 11.0. The summed E-state index contributed by atoms with van der Waals surface area (Å²) in [6.45, 7) is 5.94. The third-order valence-corrected chi connectivity index (χ3v) is 1.97. The minimum Gasteiger partial charge on any atom is -0.377 e. The zero-order chi connectivity index (χ0) is 9.14. The third kappa shape index (κ3) is 1.95. The molecule has 1 heterocycles. The number of amides is 1. The van der Waals surface area contributed by atoms with Gasteiger partial charge in [-0.3, -0.25) is 4.79 Å². The lowest BCUT2D eigenvalue weighted by atomic mass is 10.1. The van der Waals surface area contributed by atoms with Crippen molar-refractivity contribution in [3.63, 3.8) is 0 Å². The number of hydrogen-bond acceptors (Lipinski definition) is 3. The maximum atomic E-state index is 11.0. The van der Waals surface area contributed by atoms with Crippen molar-refractivity contribution in [2.75, 3.05) is 19.7 Å². The fraction of sp³-hybridized carbons (Fsp3) is 0.875. The molecule has 0 aromatic carbocycles. The lowest BCUT2D eigenvalue weighted by Crippen LogP contribution is -2.62. The molecule has 4 heteroatoms. The van der Waals surface area contributed by atoms with Gasteiger partial charge in [0.05, 0.1) is 6.10 Å². The summed E-state index contributed by atoms with van der Waals surface area (Å²) in [5.41, 5.74) is 5.43. The first-order chi connectivity index (χ1) is 5.65. The van der Waals surface area contributed by atoms with Crippen LogP contribution in [0.15, 0.2) is 0 Å². The molecule has 1 aliphatic heterocycles. The number of carbonyl (C=O) groups excluding carboxylic acids is 1. The summed E-state index contributed by atoms with van der Waals surface area (Å²) in [5.74, 6) is 0.0431. The van der Waals surface area contributed by atoms with E-state index >= 15 is 0 Å². The number of hydrogen-bond donors (Lipinski definition) is 1. The largest absolute Gasteiger partial charge is 0.377 e. The van der Waals surface area contributed by atoms with Crippen LogP contribution in [0.4, 0.5) is 0 Å². The number of rotatable bonds is 4. The van der Waals surface area contributed by atoms with Gasteiger partial charge in [-0.1, -0.05) is 0 Å². The van der Waals surface area contributed by atoms with E-state index in [2.05, 4.69) is 0 Å². The third-order valence-electron chi connectivity index (χ3n) is 1.97. The monoisotopic (exact) mass is 172 g/mol. The quantitative estimate of drug-likeness (QED) is 0.586. The standard InChI is InChI=1S/C8H16N2O2/c1-3-12-6(2)4-10-5-7(9)8(10)11/h6-7H,3-5,9H2,1-2H3. The van der Waals surface area contributed by atoms with E-state index in [1.54, 1.807) is 4.90 Å². The zero-order valence-corrected chi connectivity index (χ0v) is 7.62. The number of β-lactam (4-membered cyclic amide) rings is 1. The summed E-state index contributed by atoms with van der Waals surface area (Å²) >= 11 is 0. The van der Waals surface area contributed by atoms with Crippen LogP contribution in [0.3, 0.4) is 0 Å². The molecule has 1 rings (SSSR count). The Hall–Kier alpha value is -0.610. The Bertz CT molecular complexity index is 172. The number of nitrogens with two attached hydrogens (primary N) is 1. The zero-order valence-electron chi connectivity index (χ0n) is 7.62. The van der Waals surface area contributed by atoms with Crippen LogP contribution in [0, 0.1) is 0 Å². The van der Waals surface area contributed by atoms with E-state index in [1.807, 2.05) is 13.8 Å². The number of nitrogens with zero attached hydrogens (tertiary/aromatic N) is 1. The van der Waals surface area contributed by atoms with Crippen molar-refractivity contribution in [2.45, 2.75) is 26.0 Å². The van der Waals surface area contributed by atoms with Crippen molar-refractivity contribution in [1.82, 2.24) is 4.90 Å². The van der Waals surface area contributed by atoms with E-state index < -0.39 is 0 Å². The van der Waals surface area contributed by atoms with Gasteiger partial charge in [0, 0.05) is 19.7 Å². The summed E-state index contributed by atoms with van der Waals surface area (Å²) in [4.78, 5) is 12.8. The highest BCUT2D eigenvalue weighted by molar-refractivity contribution is 5.87. The molecule has 2 atom stereocenters. The summed E-state index contributed by atoms with van der Waals surface area (Å²) in [6, 6.07) is -0.265. The Morgan fingerprint density at radius 2 is 2.50 bits per heavy atom. The summed E-state index contributed by atoms with van der Waals surface area (Å²) in [5, 5.41) is 0. The van der Waals surface area contributed by atoms with Gasteiger partial charge in [-0.25, -0.2) is 0 Å². The highest BCUT2D eigenvalue weighted by atomic mass is 16.5. The van der Waals surface area contributed by atoms with Crippen LogP contribution < -0.4 is 5.73 Å². The molecule has 1 fully saturated rings. The van der Waals surface area contributed by atoms with Gasteiger partial charge in [-0.05, 0) is 13.8 Å². The molecular formula is C8H16N2O2. The van der Waals surface area contributed by atoms with Crippen molar-refractivity contribution in [3.8, 4) is 0 Å². The maximum Gasteiger partial charge on any atom is 0.241 e. The SMILES string of the molecule is CCOC(C)CN1CC(N)C1=O. The molecule has 1 aliphatic rings. The van der Waals surface area contributed by atoms with Gasteiger partial charge >= 0.3 is 0 Å². The Balaban J connectivity index is 2.20. The van der Waals surface area contributed by atoms with Crippen LogP contribution in [-0.2, 0) is 9.53 Å². The van der Waals surface area contributed by atoms with Crippen molar-refractivity contribution >= 4 is 5.91 Å². The Morgan fingerprint density at radius 1 is 1.83 bits per heavy atom. The smallest absolute Gasteiger partial charge is 0.241 e. The van der Waals surface area contributed by atoms with Crippen molar-refractivity contribution in [1.29, 1.82) is 0 Å². The van der Waals surface area contributed by atoms with Crippen molar-refractivity contribution < 1.29 is 9.53 Å². The Morgan fingerprint density at radius 3 is 2.92 bits per heavy atom. The van der Waals surface area contributed by atoms with E-state index in [-0.39, 0.29) is 18.1 Å². The number of likely N-dealkylation sites (tertiary alicyclic amines) is 1. The summed E-state index contributed by atoms with van der Waals surface area (Å²) in [7, 11) is 0. The molecule has 4 nitrogen and oxygen atoms in total. The van der Waals surface area contributed by atoms with Gasteiger partial charge < -0.3 is 15.4 Å². The predicted octanol–water partition coefficient (Wildman–Crippen LogP) is -0.419. The molecular weight excluding hydrogens is 156 g/mol. The molecule has 70 valence electrons. The average Bonchev–Trinajstić information content (AvgIpc) is 2.04. The second kappa shape index (κ2) is 3.87. The molecule has 1 amide bonds. The van der Waals surface area contributed by atoms with E-state index in [1.165, 1.54) is 0 Å². The topological polar surface area (TPSA) is 55.6 Å². The number of carbonyl (C=O) groups is 1. The lowest BCUT2D eigenvalue weighted by Gasteiger charge is -2.37. The average molecular weight is 172 g/mol. The lowest BCUT2D eigenvalue weighted by molar-refractivity contribution is -0.144. The Labute approximate surface area is 72.7 Å². The summed E-state index contributed by atoms with van der Waals surface area (Å²) in [6.07, 6.45) is 0.117. The van der Waals surface area contributed by atoms with Crippen molar-refractivity contribution in [3.05, 3.63) is 0 Å². The Kier molecular flexibility index (Phi) is 3.05. The highest BCUT2D eigenvalue weighted by Gasteiger charge is 2.33. The fourth-order valence-corrected chi connectivity index (χ4v) is 1.34. The van der Waals surface area contributed by atoms with E-state index in [9.17, 15) is 4.79 Å². The molecule has 1 saturated heterocycles. The molecule has 2 N–H and O–H groups in total. The van der Waals surface area contributed by atoms with Gasteiger partial charge in [0.1, 0.15) is 6.04 Å². The van der Waals surface area contributed by atoms with Crippen LogP contribution >= 0.6 is 0 Å². The molecule has 12 heavy (non-hydrogen) atoms. The van der Waals surface area contributed by atoms with E-state index in [0.29, 0.717) is 19.7 Å². The van der Waals surface area contributed by atoms with Gasteiger partial charge in [0.25, 0.3) is 0 Å². The first kappa shape index (κ1) is 9.48. The first-order valence-electron chi connectivity index (χ1n) is 4.31. The summed E-state index contributed by atoms with van der Waals surface area (Å²) < 4.78 is 5.30. The van der Waals surface area contributed by atoms with Gasteiger partial charge in [0.15, 0.2) is 0 Å². The molecule has 0 aromatic rings. The second-order valence-electron chi connectivity index (χ2n) is 3.12. The molecule has 0 aromatic heterocycles. The van der Waals surface area contributed by atoms with Crippen LogP contribution in [-0.4, -0.2) is 42.6 Å². The fourth-order valence-electron chi connectivity index (χ4n) is 1.34. The first-order valence-corrected chi connectivity index (χ1v) is 4.31. The van der Waals surface area contributed by atoms with Gasteiger partial charge in [-0.2, -0.15) is 0 Å². The van der Waals surface area contributed by atoms with Crippen LogP contribution in [0.5, 0.6) is 0 Å². The van der Waals surface area contributed by atoms with Crippen LogP contribution in [0.25, 0.3) is 0 Å². The van der Waals surface area contributed by atoms with E-state index in [4.69, 9.17) is 10.5 Å². The highest BCUT2D eigenvalue weighted by Crippen LogP contribution is 2.09. The normalized spacial score (nSPS) is 25.4. The molecule has 0 aliphatic carbocycles. The predicted molar refractivity (Wildman–Crippen MR) is 45.6 cm³/mol. The van der Waals surface area contributed by atoms with Gasteiger partial charge in [0.2, 0.25) is 5.91 Å². The molecule has 0 saturated carbocycles. The molecule has 0 bridgehead atoms. The molecule has 0 radical (unpaired) electrons. The van der Waals surface area contributed by atoms with Crippen LogP contribution in [0.2, 0.25) is 0 Å². The second-order valence-corrected chi connectivity index (χ2v) is 3.12. The minimum atomic E-state index is -0.265. The number of ether oxygens (including phenoxy) is 1. The van der Waals surface area contributed by atoms with Crippen LogP contribution in [0.1, 0.15) is 13.8 Å². The minimum absolute atomic E-state index is 0.0431. The van der Waals surface area contributed by atoms with Crippen molar-refractivity contribution in [2.24, 2.45) is 5.73 Å². The van der Waals surface area contributed by atoms with Gasteiger partial charge in [-0.15, -0.1) is 0 Å².